The van der Waals surface area contributed by atoms with Crippen LogP contribution >= 0.6 is 22.9 Å². The lowest BCUT2D eigenvalue weighted by molar-refractivity contribution is -0.137. The Bertz CT molecular complexity index is 1530. The van der Waals surface area contributed by atoms with Crippen molar-refractivity contribution in [2.75, 3.05) is 0 Å². The Morgan fingerprint density at radius 3 is 2.74 bits per heavy atom. The van der Waals surface area contributed by atoms with Crippen molar-refractivity contribution in [1.29, 1.82) is 0 Å². The zero-order valence-corrected chi connectivity index (χ0v) is 20.9. The molecule has 0 radical (unpaired) electrons. The van der Waals surface area contributed by atoms with E-state index in [-0.39, 0.29) is 6.42 Å². The number of carboxylic acids is 1. The van der Waals surface area contributed by atoms with E-state index < -0.39 is 11.9 Å². The highest BCUT2D eigenvalue weighted by atomic mass is 35.5. The first kappa shape index (κ1) is 23.3. The Hall–Kier alpha value is -3.42. The Labute approximate surface area is 211 Å². The van der Waals surface area contributed by atoms with Crippen LogP contribution in [0, 0.1) is 6.92 Å². The van der Waals surface area contributed by atoms with Gasteiger partial charge >= 0.3 is 5.97 Å². The third-order valence-electron chi connectivity index (χ3n) is 6.32. The van der Waals surface area contributed by atoms with Gasteiger partial charge in [0.05, 0.1) is 6.42 Å². The van der Waals surface area contributed by atoms with E-state index in [9.17, 15) is 9.90 Å². The van der Waals surface area contributed by atoms with Gasteiger partial charge in [-0.05, 0) is 63.7 Å². The Kier molecular flexibility index (Phi) is 6.45. The van der Waals surface area contributed by atoms with E-state index in [1.165, 1.54) is 0 Å². The average Bonchev–Trinajstić information content (AvgIpc) is 3.49. The van der Waals surface area contributed by atoms with E-state index in [2.05, 4.69) is 16.4 Å². The van der Waals surface area contributed by atoms with E-state index >= 15 is 0 Å². The molecule has 1 atom stereocenters. The van der Waals surface area contributed by atoms with Crippen LogP contribution in [0.2, 0.25) is 0 Å². The van der Waals surface area contributed by atoms with Crippen molar-refractivity contribution in [2.45, 2.75) is 31.7 Å². The summed E-state index contributed by atoms with van der Waals surface area (Å²) in [6.45, 7) is 2.35. The summed E-state index contributed by atoms with van der Waals surface area (Å²) < 4.78 is 9.09. The number of hydrogen-bond acceptors (Lipinski definition) is 5. The Morgan fingerprint density at radius 2 is 2.00 bits per heavy atom. The van der Waals surface area contributed by atoms with Gasteiger partial charge in [0.25, 0.3) is 0 Å². The van der Waals surface area contributed by atoms with Gasteiger partial charge in [-0.1, -0.05) is 41.6 Å². The molecule has 0 bridgehead atoms. The largest absolute Gasteiger partial charge is 0.487 e. The molecule has 0 aliphatic heterocycles. The van der Waals surface area contributed by atoms with Crippen LogP contribution in [0.1, 0.15) is 40.2 Å². The van der Waals surface area contributed by atoms with Gasteiger partial charge in [0, 0.05) is 23.5 Å². The lowest BCUT2D eigenvalue weighted by atomic mass is 9.84. The molecule has 2 heterocycles. The number of alkyl halides is 1. The normalized spacial score (nSPS) is 12.3. The predicted octanol–water partition coefficient (Wildman–Crippen LogP) is 6.42. The SMILES string of the molecule is Cc1c(C(CC(=O)O)c2cc(CCl)c3sccc3c2)cc(OCc2ccccc2)c2c1nnn2C. The fraction of sp³-hybridized carbons (Fsp3) is 0.222. The Balaban J connectivity index is 1.66. The molecular weight excluding hydrogens is 482 g/mol. The van der Waals surface area contributed by atoms with Crippen molar-refractivity contribution in [3.05, 3.63) is 87.8 Å². The molecule has 0 saturated heterocycles. The van der Waals surface area contributed by atoms with E-state index in [4.69, 9.17) is 16.3 Å². The lowest BCUT2D eigenvalue weighted by Crippen LogP contribution is -2.11. The molecule has 2 aromatic heterocycles. The van der Waals surface area contributed by atoms with Crippen molar-refractivity contribution in [3.8, 4) is 5.75 Å². The second kappa shape index (κ2) is 9.68. The molecule has 1 N–H and O–H groups in total. The molecule has 0 fully saturated rings. The minimum Gasteiger partial charge on any atom is -0.487 e. The first-order chi connectivity index (χ1) is 17.0. The van der Waals surface area contributed by atoms with Crippen molar-refractivity contribution in [3.63, 3.8) is 0 Å². The molecule has 6 nitrogen and oxygen atoms in total. The zero-order chi connectivity index (χ0) is 24.5. The minimum atomic E-state index is -0.877. The minimum absolute atomic E-state index is 0.0674. The molecule has 178 valence electrons. The van der Waals surface area contributed by atoms with Crippen molar-refractivity contribution >= 4 is 50.0 Å². The van der Waals surface area contributed by atoms with Crippen LogP contribution in [0.15, 0.2) is 60.0 Å². The van der Waals surface area contributed by atoms with E-state index in [0.29, 0.717) is 23.8 Å². The molecule has 0 aliphatic carbocycles. The van der Waals surface area contributed by atoms with Gasteiger partial charge in [-0.15, -0.1) is 28.0 Å². The van der Waals surface area contributed by atoms with Gasteiger partial charge in [0.1, 0.15) is 23.4 Å². The number of aliphatic carboxylic acids is 1. The van der Waals surface area contributed by atoms with Crippen LogP contribution in [0.4, 0.5) is 0 Å². The highest BCUT2D eigenvalue weighted by molar-refractivity contribution is 7.17. The summed E-state index contributed by atoms with van der Waals surface area (Å²) in [5.41, 5.74) is 6.19. The van der Waals surface area contributed by atoms with Gasteiger partial charge in [-0.2, -0.15) is 0 Å². The second-order valence-corrected chi connectivity index (χ2v) is 9.76. The third-order valence-corrected chi connectivity index (χ3v) is 7.62. The molecule has 0 saturated carbocycles. The van der Waals surface area contributed by atoms with Gasteiger partial charge in [-0.3, -0.25) is 4.79 Å². The monoisotopic (exact) mass is 505 g/mol. The van der Waals surface area contributed by atoms with Gasteiger partial charge in [0.15, 0.2) is 0 Å². The second-order valence-electron chi connectivity index (χ2n) is 8.58. The van der Waals surface area contributed by atoms with Gasteiger partial charge < -0.3 is 9.84 Å². The van der Waals surface area contributed by atoms with Crippen molar-refractivity contribution < 1.29 is 14.6 Å². The molecular formula is C27H24ClN3O3S. The summed E-state index contributed by atoms with van der Waals surface area (Å²) >= 11 is 7.92. The molecule has 8 heteroatoms. The molecule has 5 aromatic rings. The van der Waals surface area contributed by atoms with E-state index in [1.54, 1.807) is 16.0 Å². The maximum absolute atomic E-state index is 12.0. The number of aryl methyl sites for hydroxylation is 2. The molecule has 0 aliphatic rings. The number of halogens is 1. The molecule has 0 amide bonds. The number of rotatable bonds is 8. The number of thiophene rings is 1. The summed E-state index contributed by atoms with van der Waals surface area (Å²) in [7, 11) is 1.83. The number of nitrogens with zero attached hydrogens (tertiary/aromatic N) is 3. The number of benzene rings is 3. The molecule has 0 spiro atoms. The fourth-order valence-electron chi connectivity index (χ4n) is 4.61. The summed E-state index contributed by atoms with van der Waals surface area (Å²) in [5.74, 6) is -0.290. The highest BCUT2D eigenvalue weighted by Gasteiger charge is 2.25. The smallest absolute Gasteiger partial charge is 0.304 e. The lowest BCUT2D eigenvalue weighted by Gasteiger charge is -2.21. The first-order valence-electron chi connectivity index (χ1n) is 11.2. The standard InChI is InChI=1S/C27H24ClN3O3S/c1-16-21(22(13-24(32)33)19-10-18-8-9-35-27(18)20(11-19)14-28)12-23(26-25(16)29-30-31(26)2)34-15-17-6-4-3-5-7-17/h3-12,22H,13-15H2,1-2H3,(H,32,33). The van der Waals surface area contributed by atoms with Gasteiger partial charge in [-0.25, -0.2) is 4.68 Å². The summed E-state index contributed by atoms with van der Waals surface area (Å²) in [5, 5.41) is 21.6. The number of carbonyl (C=O) groups is 1. The fourth-order valence-corrected chi connectivity index (χ4v) is 5.80. The quantitative estimate of drug-likeness (QED) is 0.246. The van der Waals surface area contributed by atoms with Crippen molar-refractivity contribution in [2.24, 2.45) is 7.05 Å². The first-order valence-corrected chi connectivity index (χ1v) is 12.6. The molecule has 5 rings (SSSR count). The topological polar surface area (TPSA) is 77.2 Å². The molecule has 1 unspecified atom stereocenters. The highest BCUT2D eigenvalue weighted by Crippen LogP contribution is 2.40. The number of fused-ring (bicyclic) bond motifs is 2. The van der Waals surface area contributed by atoms with Crippen LogP contribution in [0.25, 0.3) is 21.1 Å². The number of hydrogen-bond donors (Lipinski definition) is 1. The average molecular weight is 506 g/mol. The number of ether oxygens (including phenoxy) is 1. The zero-order valence-electron chi connectivity index (χ0n) is 19.4. The summed E-state index contributed by atoms with van der Waals surface area (Å²) in [6.07, 6.45) is -0.0674. The van der Waals surface area contributed by atoms with Gasteiger partial charge in [0.2, 0.25) is 0 Å². The summed E-state index contributed by atoms with van der Waals surface area (Å²) in [6, 6.07) is 18.0. The van der Waals surface area contributed by atoms with E-state index in [0.717, 1.165) is 43.4 Å². The number of aromatic nitrogens is 3. The van der Waals surface area contributed by atoms with Crippen LogP contribution in [0.5, 0.6) is 5.75 Å². The Morgan fingerprint density at radius 1 is 1.20 bits per heavy atom. The maximum atomic E-state index is 12.0. The third kappa shape index (κ3) is 4.49. The van der Waals surface area contributed by atoms with Crippen LogP contribution in [0.3, 0.4) is 0 Å². The predicted molar refractivity (Wildman–Crippen MR) is 139 cm³/mol. The van der Waals surface area contributed by atoms with Crippen LogP contribution < -0.4 is 4.74 Å². The summed E-state index contributed by atoms with van der Waals surface area (Å²) in [4.78, 5) is 12.0. The maximum Gasteiger partial charge on any atom is 0.304 e. The number of carboxylic acid groups (broad SMARTS) is 1. The van der Waals surface area contributed by atoms with Crippen molar-refractivity contribution in [1.82, 2.24) is 15.0 Å². The van der Waals surface area contributed by atoms with Crippen LogP contribution in [-0.2, 0) is 24.3 Å². The van der Waals surface area contributed by atoms with Crippen LogP contribution in [-0.4, -0.2) is 26.1 Å². The van der Waals surface area contributed by atoms with E-state index in [1.807, 2.05) is 67.9 Å². The molecule has 3 aromatic carbocycles. The molecule has 35 heavy (non-hydrogen) atoms.